The summed E-state index contributed by atoms with van der Waals surface area (Å²) in [7, 11) is -3.16. The Kier molecular flexibility index (Phi) is 10.8. The molecule has 0 heterocycles. The topological polar surface area (TPSA) is 60.4 Å². The third-order valence-electron chi connectivity index (χ3n) is 6.38. The van der Waals surface area contributed by atoms with Gasteiger partial charge in [-0.15, -0.1) is 0 Å². The maximum absolute atomic E-state index is 12.9. The summed E-state index contributed by atoms with van der Waals surface area (Å²) in [5, 5.41) is 0. The van der Waals surface area contributed by atoms with Crippen molar-refractivity contribution in [3.63, 3.8) is 0 Å². The normalized spacial score (nSPS) is 15.3. The second-order valence-electron chi connectivity index (χ2n) is 11.8. The van der Waals surface area contributed by atoms with Crippen LogP contribution in [0.25, 0.3) is 0 Å². The SMILES string of the molecule is C/C(=C/CS(C)(=O)=O)C(CC(=O)C(C)(C)C)OC(C)c1c(C(C)C)cc(C(C)C)cc1C(C)C. The van der Waals surface area contributed by atoms with Crippen molar-refractivity contribution in [3.05, 3.63) is 46.0 Å². The first-order chi connectivity index (χ1) is 15.3. The number of carbonyl (C=O) groups is 1. The van der Waals surface area contributed by atoms with Crippen LogP contribution in [0.2, 0.25) is 0 Å². The third kappa shape index (κ3) is 8.96. The minimum absolute atomic E-state index is 0.0612. The van der Waals surface area contributed by atoms with Gasteiger partial charge >= 0.3 is 0 Å². The Labute approximate surface area is 209 Å². The molecule has 0 aliphatic heterocycles. The van der Waals surface area contributed by atoms with Crippen LogP contribution in [0.5, 0.6) is 0 Å². The minimum Gasteiger partial charge on any atom is -0.366 e. The van der Waals surface area contributed by atoms with Crippen LogP contribution in [0.15, 0.2) is 23.8 Å². The molecule has 0 fully saturated rings. The number of sulfone groups is 1. The molecule has 0 N–H and O–H groups in total. The zero-order valence-electron chi connectivity index (χ0n) is 23.6. The highest BCUT2D eigenvalue weighted by Gasteiger charge is 2.29. The monoisotopic (exact) mass is 492 g/mol. The van der Waals surface area contributed by atoms with E-state index < -0.39 is 21.4 Å². The Bertz CT molecular complexity index is 947. The summed E-state index contributed by atoms with van der Waals surface area (Å²) in [6.07, 6.45) is 2.41. The van der Waals surface area contributed by atoms with Gasteiger partial charge in [0.1, 0.15) is 5.78 Å². The molecule has 1 aromatic carbocycles. The zero-order chi connectivity index (χ0) is 26.6. The fraction of sp³-hybridized carbons (Fsp3) is 0.690. The molecule has 0 saturated heterocycles. The molecular formula is C29H48O4S. The summed E-state index contributed by atoms with van der Waals surface area (Å²) in [5.41, 5.74) is 5.37. The van der Waals surface area contributed by atoms with Crippen LogP contribution in [0.1, 0.15) is 129 Å². The van der Waals surface area contributed by atoms with Crippen LogP contribution in [-0.2, 0) is 19.4 Å². The van der Waals surface area contributed by atoms with Gasteiger partial charge in [0.05, 0.1) is 18.0 Å². The van der Waals surface area contributed by atoms with Crippen molar-refractivity contribution in [2.24, 2.45) is 5.41 Å². The molecule has 1 rings (SSSR count). The van der Waals surface area contributed by atoms with Crippen molar-refractivity contribution >= 4 is 15.6 Å². The highest BCUT2D eigenvalue weighted by Crippen LogP contribution is 2.38. The maximum Gasteiger partial charge on any atom is 0.151 e. The van der Waals surface area contributed by atoms with Gasteiger partial charge in [-0.2, -0.15) is 0 Å². The smallest absolute Gasteiger partial charge is 0.151 e. The molecule has 0 aliphatic rings. The summed E-state index contributed by atoms with van der Waals surface area (Å²) in [6, 6.07) is 4.61. The number of hydrogen-bond acceptors (Lipinski definition) is 4. The molecule has 4 nitrogen and oxygen atoms in total. The van der Waals surface area contributed by atoms with Gasteiger partial charge in [-0.3, -0.25) is 4.79 Å². The van der Waals surface area contributed by atoms with Gasteiger partial charge < -0.3 is 4.74 Å². The summed E-state index contributed by atoms with van der Waals surface area (Å²) in [4.78, 5) is 12.9. The standard InChI is InChI=1S/C29H48O4S/c1-18(2)23-15-24(19(3)4)28(25(16-23)20(5)6)22(8)33-26(17-27(30)29(9,10)11)21(7)13-14-34(12,31)32/h13,15-16,18-20,22,26H,14,17H2,1-12H3/b21-13-. The van der Waals surface area contributed by atoms with Crippen LogP contribution < -0.4 is 0 Å². The van der Waals surface area contributed by atoms with Gasteiger partial charge in [0.15, 0.2) is 9.84 Å². The van der Waals surface area contributed by atoms with Gasteiger partial charge in [0, 0.05) is 18.1 Å². The van der Waals surface area contributed by atoms with Crippen LogP contribution in [0.4, 0.5) is 0 Å². The number of carbonyl (C=O) groups excluding carboxylic acids is 1. The van der Waals surface area contributed by atoms with E-state index in [-0.39, 0.29) is 24.1 Å². The molecule has 2 unspecified atom stereocenters. The summed E-state index contributed by atoms with van der Waals surface area (Å²) in [6.45, 7) is 22.9. The van der Waals surface area contributed by atoms with Crippen molar-refractivity contribution in [2.45, 2.75) is 113 Å². The van der Waals surface area contributed by atoms with E-state index >= 15 is 0 Å². The Morgan fingerprint density at radius 3 is 1.76 bits per heavy atom. The first kappa shape index (κ1) is 30.6. The van der Waals surface area contributed by atoms with Crippen LogP contribution in [-0.4, -0.2) is 32.3 Å². The lowest BCUT2D eigenvalue weighted by atomic mass is 9.82. The first-order valence-electron chi connectivity index (χ1n) is 12.6. The van der Waals surface area contributed by atoms with Crippen molar-refractivity contribution in [1.82, 2.24) is 0 Å². The zero-order valence-corrected chi connectivity index (χ0v) is 24.4. The molecule has 34 heavy (non-hydrogen) atoms. The second kappa shape index (κ2) is 12.0. The second-order valence-corrected chi connectivity index (χ2v) is 13.9. The van der Waals surface area contributed by atoms with Gasteiger partial charge in [-0.25, -0.2) is 8.42 Å². The van der Waals surface area contributed by atoms with E-state index in [0.29, 0.717) is 17.8 Å². The Hall–Kier alpha value is -1.46. The molecule has 0 amide bonds. The lowest BCUT2D eigenvalue weighted by Gasteiger charge is -2.31. The average Bonchev–Trinajstić information content (AvgIpc) is 2.68. The fourth-order valence-corrected chi connectivity index (χ4v) is 4.57. The molecule has 194 valence electrons. The Balaban J connectivity index is 3.54. The number of rotatable bonds is 11. The number of benzene rings is 1. The summed E-state index contributed by atoms with van der Waals surface area (Å²) < 4.78 is 30.1. The van der Waals surface area contributed by atoms with Crippen molar-refractivity contribution < 1.29 is 17.9 Å². The summed E-state index contributed by atoms with van der Waals surface area (Å²) >= 11 is 0. The van der Waals surface area contributed by atoms with E-state index in [0.717, 1.165) is 5.57 Å². The van der Waals surface area contributed by atoms with E-state index in [4.69, 9.17) is 4.74 Å². The van der Waals surface area contributed by atoms with E-state index in [1.54, 1.807) is 6.08 Å². The molecule has 0 bridgehead atoms. The Morgan fingerprint density at radius 2 is 1.41 bits per heavy atom. The first-order valence-corrected chi connectivity index (χ1v) is 14.6. The fourth-order valence-electron chi connectivity index (χ4n) is 4.00. The van der Waals surface area contributed by atoms with Gasteiger partial charge in [-0.1, -0.05) is 80.5 Å². The van der Waals surface area contributed by atoms with E-state index in [9.17, 15) is 13.2 Å². The predicted octanol–water partition coefficient (Wildman–Crippen LogP) is 7.50. The van der Waals surface area contributed by atoms with Gasteiger partial charge in [0.25, 0.3) is 0 Å². The van der Waals surface area contributed by atoms with E-state index in [1.165, 1.54) is 28.5 Å². The number of ketones is 1. The number of ether oxygens (including phenoxy) is 1. The van der Waals surface area contributed by atoms with Gasteiger partial charge in [0.2, 0.25) is 0 Å². The van der Waals surface area contributed by atoms with Crippen molar-refractivity contribution in [3.8, 4) is 0 Å². The number of hydrogen-bond donors (Lipinski definition) is 0. The quantitative estimate of drug-likeness (QED) is 0.300. The molecular weight excluding hydrogens is 444 g/mol. The lowest BCUT2D eigenvalue weighted by Crippen LogP contribution is -2.29. The van der Waals surface area contributed by atoms with Crippen molar-refractivity contribution in [2.75, 3.05) is 12.0 Å². The summed E-state index contributed by atoms with van der Waals surface area (Å²) in [5.74, 6) is 1.12. The largest absolute Gasteiger partial charge is 0.366 e. The van der Waals surface area contributed by atoms with Crippen LogP contribution >= 0.6 is 0 Å². The minimum atomic E-state index is -3.16. The molecule has 0 spiro atoms. The lowest BCUT2D eigenvalue weighted by molar-refractivity contribution is -0.129. The van der Waals surface area contributed by atoms with E-state index in [2.05, 4.69) is 60.6 Å². The molecule has 1 aromatic rings. The maximum atomic E-state index is 12.9. The number of Topliss-reactive ketones (excluding diaryl/α,β-unsaturated/α-hetero) is 1. The molecule has 0 aromatic heterocycles. The van der Waals surface area contributed by atoms with Crippen LogP contribution in [0.3, 0.4) is 0 Å². The van der Waals surface area contributed by atoms with Gasteiger partial charge in [-0.05, 0) is 59.4 Å². The van der Waals surface area contributed by atoms with Crippen LogP contribution in [0, 0.1) is 5.41 Å². The highest BCUT2D eigenvalue weighted by atomic mass is 32.2. The molecule has 2 atom stereocenters. The average molecular weight is 493 g/mol. The molecule has 0 saturated carbocycles. The predicted molar refractivity (Wildman–Crippen MR) is 145 cm³/mol. The third-order valence-corrected chi connectivity index (χ3v) is 7.15. The molecule has 5 heteroatoms. The van der Waals surface area contributed by atoms with E-state index in [1.807, 2.05) is 27.7 Å². The van der Waals surface area contributed by atoms with Crippen molar-refractivity contribution in [1.29, 1.82) is 0 Å². The Morgan fingerprint density at radius 1 is 0.941 bits per heavy atom. The highest BCUT2D eigenvalue weighted by molar-refractivity contribution is 7.90. The molecule has 0 radical (unpaired) electrons. The molecule has 0 aliphatic carbocycles.